The van der Waals surface area contributed by atoms with Gasteiger partial charge in [-0.25, -0.2) is 0 Å². The first-order chi connectivity index (χ1) is 11.6. The van der Waals surface area contributed by atoms with E-state index >= 15 is 0 Å². The zero-order valence-corrected chi connectivity index (χ0v) is 16.5. The van der Waals surface area contributed by atoms with Gasteiger partial charge >= 0.3 is 0 Å². The Bertz CT molecular complexity index is 557. The minimum atomic E-state index is -0.113. The van der Waals surface area contributed by atoms with Crippen LogP contribution < -0.4 is 11.1 Å². The van der Waals surface area contributed by atoms with E-state index in [4.69, 9.17) is 17.3 Å². The number of likely N-dealkylation sites (tertiary alicyclic amines) is 1. The maximum absolute atomic E-state index is 12.4. The lowest BCUT2D eigenvalue weighted by molar-refractivity contribution is -0.135. The molecule has 0 radical (unpaired) electrons. The number of piperidine rings is 1. The van der Waals surface area contributed by atoms with Gasteiger partial charge in [0.15, 0.2) is 0 Å². The third-order valence-electron chi connectivity index (χ3n) is 3.99. The number of halogens is 2. The second kappa shape index (κ2) is 11.6. The zero-order chi connectivity index (χ0) is 17.4. The third kappa shape index (κ3) is 7.44. The molecular formula is C17H25Cl2N3O2S. The summed E-state index contributed by atoms with van der Waals surface area (Å²) in [5.41, 5.74) is 5.40. The molecule has 0 spiro atoms. The van der Waals surface area contributed by atoms with Gasteiger partial charge in [-0.1, -0.05) is 11.6 Å². The van der Waals surface area contributed by atoms with E-state index in [1.54, 1.807) is 11.8 Å². The number of carbonyl (C=O) groups excluding carboxylic acids is 2. The summed E-state index contributed by atoms with van der Waals surface area (Å²) < 4.78 is 0. The predicted molar refractivity (Wildman–Crippen MR) is 105 cm³/mol. The number of carbonyl (C=O) groups is 2. The zero-order valence-electron chi connectivity index (χ0n) is 14.1. The van der Waals surface area contributed by atoms with Crippen LogP contribution in [0.25, 0.3) is 0 Å². The van der Waals surface area contributed by atoms with Crippen molar-refractivity contribution in [2.45, 2.75) is 24.2 Å². The average Bonchev–Trinajstić information content (AvgIpc) is 2.61. The van der Waals surface area contributed by atoms with Crippen molar-refractivity contribution in [1.82, 2.24) is 10.2 Å². The summed E-state index contributed by atoms with van der Waals surface area (Å²) in [5.74, 6) is 0.737. The number of benzene rings is 1. The smallest absolute Gasteiger partial charge is 0.224 e. The van der Waals surface area contributed by atoms with Crippen molar-refractivity contribution in [3.63, 3.8) is 0 Å². The molecule has 1 aromatic carbocycles. The summed E-state index contributed by atoms with van der Waals surface area (Å²) in [6, 6.07) is 7.61. The molecule has 1 heterocycles. The molecule has 8 heteroatoms. The SMILES string of the molecule is Cl.NCCNC(=O)C1CCCN(C(=O)CCSc2ccc(Cl)cc2)C1. The van der Waals surface area contributed by atoms with Gasteiger partial charge in [0.25, 0.3) is 0 Å². The van der Waals surface area contributed by atoms with E-state index in [0.29, 0.717) is 31.1 Å². The van der Waals surface area contributed by atoms with Crippen molar-refractivity contribution >= 4 is 47.6 Å². The Morgan fingerprint density at radius 3 is 2.72 bits per heavy atom. The number of amides is 2. The lowest BCUT2D eigenvalue weighted by Gasteiger charge is -2.32. The Balaban J connectivity index is 0.00000312. The van der Waals surface area contributed by atoms with Crippen LogP contribution in [0.4, 0.5) is 0 Å². The molecule has 3 N–H and O–H groups in total. The van der Waals surface area contributed by atoms with Gasteiger partial charge in [0, 0.05) is 48.3 Å². The Kier molecular flexibility index (Phi) is 10.3. The monoisotopic (exact) mass is 405 g/mol. The molecule has 1 aliphatic heterocycles. The largest absolute Gasteiger partial charge is 0.355 e. The lowest BCUT2D eigenvalue weighted by atomic mass is 9.97. The lowest BCUT2D eigenvalue weighted by Crippen LogP contribution is -2.46. The number of rotatable bonds is 7. The Labute approximate surface area is 164 Å². The fraction of sp³-hybridized carbons (Fsp3) is 0.529. The van der Waals surface area contributed by atoms with Gasteiger partial charge in [0.05, 0.1) is 5.92 Å². The average molecular weight is 406 g/mol. The van der Waals surface area contributed by atoms with Crippen LogP contribution in [0.15, 0.2) is 29.2 Å². The Hall–Kier alpha value is -0.950. The summed E-state index contributed by atoms with van der Waals surface area (Å²) in [6.07, 6.45) is 2.18. The summed E-state index contributed by atoms with van der Waals surface area (Å²) >= 11 is 7.50. The fourth-order valence-electron chi connectivity index (χ4n) is 2.70. The molecule has 1 fully saturated rings. The van der Waals surface area contributed by atoms with Crippen molar-refractivity contribution < 1.29 is 9.59 Å². The first-order valence-corrected chi connectivity index (χ1v) is 9.60. The molecule has 0 aromatic heterocycles. The molecule has 1 unspecified atom stereocenters. The highest BCUT2D eigenvalue weighted by atomic mass is 35.5. The van der Waals surface area contributed by atoms with Crippen LogP contribution in [-0.2, 0) is 9.59 Å². The second-order valence-corrected chi connectivity index (χ2v) is 7.42. The molecule has 2 amide bonds. The van der Waals surface area contributed by atoms with Crippen molar-refractivity contribution in [3.8, 4) is 0 Å². The molecule has 1 aliphatic rings. The van der Waals surface area contributed by atoms with Crippen LogP contribution in [0, 0.1) is 5.92 Å². The fourth-order valence-corrected chi connectivity index (χ4v) is 3.67. The van der Waals surface area contributed by atoms with E-state index in [0.717, 1.165) is 30.0 Å². The summed E-state index contributed by atoms with van der Waals surface area (Å²) in [4.78, 5) is 27.3. The molecule has 1 saturated heterocycles. The van der Waals surface area contributed by atoms with E-state index in [2.05, 4.69) is 5.32 Å². The summed E-state index contributed by atoms with van der Waals surface area (Å²) in [6.45, 7) is 2.18. The highest BCUT2D eigenvalue weighted by Gasteiger charge is 2.27. The Morgan fingerprint density at radius 1 is 1.32 bits per heavy atom. The molecule has 140 valence electrons. The highest BCUT2D eigenvalue weighted by molar-refractivity contribution is 7.99. The number of hydrogen-bond donors (Lipinski definition) is 2. The van der Waals surface area contributed by atoms with Crippen LogP contribution in [0.3, 0.4) is 0 Å². The van der Waals surface area contributed by atoms with Gasteiger partial charge in [0.2, 0.25) is 11.8 Å². The van der Waals surface area contributed by atoms with E-state index in [9.17, 15) is 9.59 Å². The van der Waals surface area contributed by atoms with Gasteiger partial charge in [-0.05, 0) is 37.1 Å². The van der Waals surface area contributed by atoms with Gasteiger partial charge in [-0.15, -0.1) is 24.2 Å². The van der Waals surface area contributed by atoms with Crippen LogP contribution >= 0.6 is 35.8 Å². The molecule has 0 aliphatic carbocycles. The van der Waals surface area contributed by atoms with Crippen molar-refractivity contribution in [2.24, 2.45) is 11.7 Å². The van der Waals surface area contributed by atoms with E-state index in [1.165, 1.54) is 0 Å². The maximum Gasteiger partial charge on any atom is 0.224 e. The van der Waals surface area contributed by atoms with Gasteiger partial charge in [0.1, 0.15) is 0 Å². The number of nitrogens with one attached hydrogen (secondary N) is 1. The topological polar surface area (TPSA) is 75.4 Å². The standard InChI is InChI=1S/C17H24ClN3O2S.ClH/c18-14-3-5-15(6-4-14)24-11-7-16(22)21-10-1-2-13(12-21)17(23)20-9-8-19;/h3-6,13H,1-2,7-12,19H2,(H,20,23);1H. The van der Waals surface area contributed by atoms with Gasteiger partial charge < -0.3 is 16.0 Å². The predicted octanol–water partition coefficient (Wildman–Crippen LogP) is 2.56. The van der Waals surface area contributed by atoms with Crippen molar-refractivity contribution in [3.05, 3.63) is 29.3 Å². The number of nitrogens with zero attached hydrogens (tertiary/aromatic N) is 1. The van der Waals surface area contributed by atoms with Crippen molar-refractivity contribution in [1.29, 1.82) is 0 Å². The van der Waals surface area contributed by atoms with Crippen LogP contribution in [0.5, 0.6) is 0 Å². The van der Waals surface area contributed by atoms with E-state index in [1.807, 2.05) is 29.2 Å². The van der Waals surface area contributed by atoms with Crippen LogP contribution in [-0.4, -0.2) is 48.6 Å². The molecular weight excluding hydrogens is 381 g/mol. The molecule has 2 rings (SSSR count). The quantitative estimate of drug-likeness (QED) is 0.683. The molecule has 0 saturated carbocycles. The van der Waals surface area contributed by atoms with E-state index < -0.39 is 0 Å². The minimum absolute atomic E-state index is 0. The summed E-state index contributed by atoms with van der Waals surface area (Å²) in [5, 5.41) is 3.52. The summed E-state index contributed by atoms with van der Waals surface area (Å²) in [7, 11) is 0. The first-order valence-electron chi connectivity index (χ1n) is 8.24. The number of nitrogens with two attached hydrogens (primary N) is 1. The van der Waals surface area contributed by atoms with Crippen LogP contribution in [0.1, 0.15) is 19.3 Å². The molecule has 5 nitrogen and oxygen atoms in total. The number of thioether (sulfide) groups is 1. The van der Waals surface area contributed by atoms with E-state index in [-0.39, 0.29) is 30.1 Å². The molecule has 1 aromatic rings. The third-order valence-corrected chi connectivity index (χ3v) is 5.25. The molecule has 1 atom stereocenters. The van der Waals surface area contributed by atoms with Crippen molar-refractivity contribution in [2.75, 3.05) is 31.9 Å². The maximum atomic E-state index is 12.4. The second-order valence-electron chi connectivity index (χ2n) is 5.81. The van der Waals surface area contributed by atoms with Crippen LogP contribution in [0.2, 0.25) is 5.02 Å². The number of hydrogen-bond acceptors (Lipinski definition) is 4. The molecule has 0 bridgehead atoms. The molecule has 25 heavy (non-hydrogen) atoms. The van der Waals surface area contributed by atoms with Gasteiger partial charge in [-0.2, -0.15) is 0 Å². The minimum Gasteiger partial charge on any atom is -0.355 e. The normalized spacial score (nSPS) is 16.9. The first kappa shape index (κ1) is 22.1. The van der Waals surface area contributed by atoms with Gasteiger partial charge in [-0.3, -0.25) is 9.59 Å². The highest BCUT2D eigenvalue weighted by Crippen LogP contribution is 2.22. The Morgan fingerprint density at radius 2 is 2.04 bits per heavy atom.